The molecular formula is C60H51F3N4O18. The number of hydrogen-bond acceptors (Lipinski definition) is 20. The molecule has 25 heteroatoms. The molecule has 0 bridgehead atoms. The van der Waals surface area contributed by atoms with Gasteiger partial charge in [-0.05, 0) is 77.8 Å². The van der Waals surface area contributed by atoms with Crippen molar-refractivity contribution in [3.05, 3.63) is 220 Å². The molecule has 0 saturated carbocycles. The van der Waals surface area contributed by atoms with E-state index in [9.17, 15) is 39.1 Å². The summed E-state index contributed by atoms with van der Waals surface area (Å²) in [6.45, 7) is -0.405. The largest absolute Gasteiger partial charge is 0.468 e. The molecule has 0 N–H and O–H groups in total. The van der Waals surface area contributed by atoms with Crippen LogP contribution in [0.5, 0.6) is 0 Å². The zero-order valence-corrected chi connectivity index (χ0v) is 44.9. The summed E-state index contributed by atoms with van der Waals surface area (Å²) in [6.07, 6.45) is -27.3. The Morgan fingerprint density at radius 2 is 0.894 bits per heavy atom. The first-order valence-corrected chi connectivity index (χ1v) is 25.9. The van der Waals surface area contributed by atoms with E-state index in [1.807, 2.05) is 0 Å². The predicted octanol–water partition coefficient (Wildman–Crippen LogP) is 9.20. The fraction of sp³-hybridized carbons (Fsp3) is 0.267. The van der Waals surface area contributed by atoms with Crippen LogP contribution in [0.4, 0.5) is 18.9 Å². The number of halogens is 3. The number of ether oxygens (including phenoxy) is 11. The third-order valence-electron chi connectivity index (χ3n) is 12.6. The third-order valence-corrected chi connectivity index (χ3v) is 12.6. The van der Waals surface area contributed by atoms with Crippen molar-refractivity contribution in [1.29, 1.82) is 0 Å². The maximum absolute atomic E-state index is 15.3. The number of nitrogens with zero attached hydrogens (tertiary/aromatic N) is 4. The van der Waals surface area contributed by atoms with Gasteiger partial charge >= 0.3 is 48.0 Å². The lowest BCUT2D eigenvalue weighted by Gasteiger charge is -2.48. The van der Waals surface area contributed by atoms with Gasteiger partial charge in [-0.15, -0.1) is 0 Å². The second kappa shape index (κ2) is 28.8. The average molecular weight is 1170 g/mol. The minimum absolute atomic E-state index is 0.0293. The maximum Gasteiger partial charge on any atom is 0.468 e. The van der Waals surface area contributed by atoms with Crippen LogP contribution in [-0.4, -0.2) is 128 Å². The fourth-order valence-corrected chi connectivity index (χ4v) is 8.75. The van der Waals surface area contributed by atoms with Gasteiger partial charge in [0.05, 0.1) is 40.0 Å². The maximum atomic E-state index is 15.3. The number of carbonyl (C=O) groups excluding carboxylic acids is 7. The van der Waals surface area contributed by atoms with Gasteiger partial charge in [-0.2, -0.15) is 13.2 Å². The van der Waals surface area contributed by atoms with Gasteiger partial charge < -0.3 is 52.1 Å². The lowest BCUT2D eigenvalue weighted by atomic mass is 9.95. The Hall–Kier alpha value is -9.94. The van der Waals surface area contributed by atoms with Crippen molar-refractivity contribution in [3.8, 4) is 0 Å². The van der Waals surface area contributed by atoms with Crippen molar-refractivity contribution in [1.82, 2.24) is 0 Å². The first kappa shape index (κ1) is 61.1. The highest BCUT2D eigenvalue weighted by Gasteiger charge is 2.59. The summed E-state index contributed by atoms with van der Waals surface area (Å²) in [6, 6.07) is 41.6. The monoisotopic (exact) mass is 1170 g/mol. The van der Waals surface area contributed by atoms with E-state index in [2.05, 4.69) is 15.0 Å². The van der Waals surface area contributed by atoms with Crippen LogP contribution in [0.3, 0.4) is 0 Å². The van der Waals surface area contributed by atoms with Crippen LogP contribution in [0.25, 0.3) is 10.4 Å². The topological polar surface area (TPSA) is 282 Å². The first-order chi connectivity index (χ1) is 41.0. The molecule has 0 aliphatic carbocycles. The van der Waals surface area contributed by atoms with Crippen molar-refractivity contribution in [2.45, 2.75) is 88.0 Å². The predicted molar refractivity (Wildman–Crippen MR) is 287 cm³/mol. The van der Waals surface area contributed by atoms with E-state index in [0.29, 0.717) is 0 Å². The van der Waals surface area contributed by atoms with Gasteiger partial charge in [0.25, 0.3) is 5.90 Å². The molecule has 85 heavy (non-hydrogen) atoms. The number of rotatable bonds is 20. The number of carbonyl (C=O) groups is 7. The molecule has 0 aromatic heterocycles. The van der Waals surface area contributed by atoms with Crippen molar-refractivity contribution < 1.29 is 98.8 Å². The van der Waals surface area contributed by atoms with Crippen LogP contribution >= 0.6 is 0 Å². The van der Waals surface area contributed by atoms with Gasteiger partial charge in [0.2, 0.25) is 6.29 Å². The molecule has 6 aromatic rings. The van der Waals surface area contributed by atoms with Crippen LogP contribution in [0, 0.1) is 0 Å². The van der Waals surface area contributed by atoms with E-state index in [4.69, 9.17) is 52.1 Å². The van der Waals surface area contributed by atoms with Crippen LogP contribution < -0.4 is 0 Å². The number of esters is 7. The van der Waals surface area contributed by atoms with Gasteiger partial charge in [0.1, 0.15) is 31.5 Å². The van der Waals surface area contributed by atoms with Crippen molar-refractivity contribution in [2.24, 2.45) is 10.1 Å². The van der Waals surface area contributed by atoms with Crippen molar-refractivity contribution >= 4 is 53.4 Å². The zero-order valence-electron chi connectivity index (χ0n) is 44.9. The second-order valence-electron chi connectivity index (χ2n) is 18.5. The normalized spacial score (nSPS) is 22.0. The fourth-order valence-electron chi connectivity index (χ4n) is 8.75. The molecule has 2 fully saturated rings. The Bertz CT molecular complexity index is 3380. The molecule has 0 unspecified atom stereocenters. The number of hydrogen-bond donors (Lipinski definition) is 0. The molecule has 2 aliphatic heterocycles. The minimum Gasteiger partial charge on any atom is -0.463 e. The summed E-state index contributed by atoms with van der Waals surface area (Å²) in [4.78, 5) is 104. The Morgan fingerprint density at radius 3 is 1.40 bits per heavy atom. The van der Waals surface area contributed by atoms with E-state index in [-0.39, 0.29) is 39.1 Å². The lowest BCUT2D eigenvalue weighted by Crippen LogP contribution is -2.67. The Balaban J connectivity index is 1.34. The van der Waals surface area contributed by atoms with Gasteiger partial charge in [0, 0.05) is 18.8 Å². The molecule has 440 valence electrons. The summed E-state index contributed by atoms with van der Waals surface area (Å²) in [7, 11) is 0. The number of aliphatic imine (C=N–C) groups is 1. The highest BCUT2D eigenvalue weighted by atomic mass is 19.4. The van der Waals surface area contributed by atoms with Crippen LogP contribution in [0.1, 0.15) is 71.2 Å². The van der Waals surface area contributed by atoms with Gasteiger partial charge in [0.15, 0.2) is 36.8 Å². The summed E-state index contributed by atoms with van der Waals surface area (Å²) < 4.78 is 112. The van der Waals surface area contributed by atoms with E-state index < -0.39 is 135 Å². The average Bonchev–Trinajstić information content (AvgIpc) is 1.96. The van der Waals surface area contributed by atoms with E-state index in [1.54, 1.807) is 36.4 Å². The van der Waals surface area contributed by atoms with E-state index in [0.717, 1.165) is 13.8 Å². The number of para-hydroxylation sites is 1. The Labute approximate surface area is 481 Å². The minimum atomic E-state index is -5.46. The molecule has 10 atom stereocenters. The Kier molecular flexibility index (Phi) is 20.8. The Morgan fingerprint density at radius 1 is 0.471 bits per heavy atom. The third kappa shape index (κ3) is 16.4. The van der Waals surface area contributed by atoms with Crippen molar-refractivity contribution in [2.75, 3.05) is 13.2 Å². The highest BCUT2D eigenvalue weighted by molar-refractivity contribution is 5.93. The molecule has 0 spiro atoms. The summed E-state index contributed by atoms with van der Waals surface area (Å²) in [5.74, 6) is -9.79. The molecule has 0 amide bonds. The molecule has 2 aliphatic rings. The summed E-state index contributed by atoms with van der Waals surface area (Å²) in [5.41, 5.74) is 8.38. The second-order valence-corrected chi connectivity index (χ2v) is 18.5. The molecule has 8 rings (SSSR count). The standard InChI is InChI=1S/C60H51F3N4O18/c1-35(68)75-33-44-46(77-36(2)69)49(51(83-56(74)43-31-19-18-28-41(43)32-65-67-64)58(79-44)85-59(60(61,62)63)66-42-29-16-7-17-30-42)84-57-50(82-55(73)40-26-14-6-15-27-40)48(81-54(72)39-24-12-5-13-25-39)47(80-53(71)38-22-10-4-11-23-38)45(78-57)34-76-52(70)37-20-8-3-9-21-37/h3-31,44-51,57-58H,32-34H2,1-2H3/t44-,45-,46-,47-,48+,49+,50-,51-,57+,58-/m1/s1. The van der Waals surface area contributed by atoms with Crippen LogP contribution in [0.2, 0.25) is 0 Å². The van der Waals surface area contributed by atoms with Gasteiger partial charge in [-0.3, -0.25) is 9.59 Å². The molecular weight excluding hydrogens is 1120 g/mol. The first-order valence-electron chi connectivity index (χ1n) is 25.9. The van der Waals surface area contributed by atoms with Crippen LogP contribution in [0.15, 0.2) is 186 Å². The highest BCUT2D eigenvalue weighted by Crippen LogP contribution is 2.38. The molecule has 2 saturated heterocycles. The number of azide groups is 1. The smallest absolute Gasteiger partial charge is 0.463 e. The van der Waals surface area contributed by atoms with Gasteiger partial charge in [-0.1, -0.05) is 114 Å². The summed E-state index contributed by atoms with van der Waals surface area (Å²) >= 11 is 0. The SMILES string of the molecule is CC(=O)OC[C@H]1O[C@H](OC(=Nc2ccccc2)C(F)(F)F)[C@H](OC(=O)c2ccccc2CN=[N+]=[N-])[C@@H](O[C@@H]2O[C@H](COC(=O)c3ccccc3)[C@@H](OC(=O)c3ccccc3)[C@H](OC(=O)c3ccccc3)[C@H]2OC(=O)c2ccccc2)[C@@H]1OC(C)=O. The van der Waals surface area contributed by atoms with Gasteiger partial charge in [-0.25, -0.2) is 29.0 Å². The number of benzene rings is 6. The lowest BCUT2D eigenvalue weighted by molar-refractivity contribution is -0.353. The van der Waals surface area contributed by atoms with E-state index >= 15 is 13.2 Å². The molecule has 2 heterocycles. The zero-order chi connectivity index (χ0) is 60.5. The quantitative estimate of drug-likeness (QED) is 0.0131. The molecule has 6 aromatic carbocycles. The molecule has 0 radical (unpaired) electrons. The van der Waals surface area contributed by atoms with Crippen molar-refractivity contribution in [3.63, 3.8) is 0 Å². The van der Waals surface area contributed by atoms with Crippen LogP contribution in [-0.2, 0) is 68.2 Å². The number of alkyl halides is 3. The molecule has 22 nitrogen and oxygen atoms in total. The summed E-state index contributed by atoms with van der Waals surface area (Å²) in [5, 5.41) is 3.53. The van der Waals surface area contributed by atoms with E-state index in [1.165, 1.54) is 140 Å².